The molecular formula is C36H25NO. The summed E-state index contributed by atoms with van der Waals surface area (Å²) in [4.78, 5) is 1.01. The van der Waals surface area contributed by atoms with E-state index in [0.29, 0.717) is 0 Å². The summed E-state index contributed by atoms with van der Waals surface area (Å²) in [5.41, 5.74) is -3.70. The molecule has 2 heteroatoms. The van der Waals surface area contributed by atoms with Gasteiger partial charge in [0.1, 0.15) is 11.2 Å². The Labute approximate surface area is 251 Å². The average molecular weight is 509 g/mol. The molecule has 7 rings (SSSR count). The molecular weight excluding hydrogens is 462 g/mol. The molecule has 0 saturated heterocycles. The summed E-state index contributed by atoms with van der Waals surface area (Å²) in [6.07, 6.45) is 0. The van der Waals surface area contributed by atoms with Crippen LogP contribution in [0.25, 0.3) is 44.2 Å². The fraction of sp³-hybridized carbons (Fsp3) is 0. The second-order valence-corrected chi connectivity index (χ2v) is 7.82. The summed E-state index contributed by atoms with van der Waals surface area (Å²) in [6.45, 7) is 0. The van der Waals surface area contributed by atoms with Crippen molar-refractivity contribution in [2.45, 2.75) is 0 Å². The van der Waals surface area contributed by atoms with E-state index in [0.717, 1.165) is 29.2 Å². The molecule has 0 aliphatic heterocycles. The van der Waals surface area contributed by atoms with Gasteiger partial charge >= 0.3 is 0 Å². The molecule has 2 nitrogen and oxygen atoms in total. The normalized spacial score (nSPS) is 18.9. The fourth-order valence-electron chi connectivity index (χ4n) is 3.86. The van der Waals surface area contributed by atoms with Gasteiger partial charge in [-0.15, -0.1) is 0 Å². The van der Waals surface area contributed by atoms with E-state index < -0.39 is 155 Å². The van der Waals surface area contributed by atoms with Crippen molar-refractivity contribution >= 4 is 39.0 Å². The molecule has 180 valence electrons. The van der Waals surface area contributed by atoms with Crippen LogP contribution in [0, 0.1) is 0 Å². The molecule has 1 heterocycles. The van der Waals surface area contributed by atoms with Gasteiger partial charge in [0.05, 0.1) is 28.8 Å². The van der Waals surface area contributed by atoms with E-state index in [9.17, 15) is 2.74 Å². The quantitative estimate of drug-likeness (QED) is 0.230. The molecule has 7 aromatic rings. The minimum absolute atomic E-state index is 0.176. The first-order valence-corrected chi connectivity index (χ1v) is 11.1. The first kappa shape index (κ1) is 9.34. The predicted octanol–water partition coefficient (Wildman–Crippen LogP) is 10.4. The third-order valence-corrected chi connectivity index (χ3v) is 5.57. The van der Waals surface area contributed by atoms with E-state index in [1.165, 1.54) is 0 Å². The molecule has 0 bridgehead atoms. The first-order chi connectivity index (χ1) is 27.5. The number of fused-ring (bicyclic) bond motifs is 3. The maximum atomic E-state index is 9.33. The molecule has 0 amide bonds. The third-order valence-electron chi connectivity index (χ3n) is 5.57. The van der Waals surface area contributed by atoms with Gasteiger partial charge in [-0.2, -0.15) is 0 Å². The Bertz CT molecular complexity index is 2950. The molecule has 0 saturated carbocycles. The van der Waals surface area contributed by atoms with Gasteiger partial charge in [-0.3, -0.25) is 0 Å². The largest absolute Gasteiger partial charge is 0.456 e. The molecule has 0 radical (unpaired) electrons. The van der Waals surface area contributed by atoms with Crippen molar-refractivity contribution in [1.29, 1.82) is 0 Å². The number of para-hydroxylation sites is 1. The van der Waals surface area contributed by atoms with Crippen LogP contribution in [0.1, 0.15) is 28.8 Å². The van der Waals surface area contributed by atoms with Crippen molar-refractivity contribution in [2.75, 3.05) is 4.90 Å². The lowest BCUT2D eigenvalue weighted by atomic mass is 10.0. The molecule has 0 atom stereocenters. The van der Waals surface area contributed by atoms with E-state index in [-0.39, 0.29) is 33.3 Å². The minimum Gasteiger partial charge on any atom is -0.456 e. The smallest absolute Gasteiger partial charge is 0.137 e. The summed E-state index contributed by atoms with van der Waals surface area (Å²) in [5, 5.41) is -0.372. The van der Waals surface area contributed by atoms with Crippen LogP contribution in [-0.4, -0.2) is 0 Å². The van der Waals surface area contributed by atoms with E-state index in [2.05, 4.69) is 0 Å². The number of hydrogen-bond donors (Lipinski definition) is 0. The Kier molecular flexibility index (Phi) is 2.32. The van der Waals surface area contributed by atoms with Crippen molar-refractivity contribution in [3.8, 4) is 22.3 Å². The SMILES string of the molecule is [2H]c1cc(N(c2cc([2H])c(-c3c([2H])c([2H])c([2H])c([2H])c3[2H])c([2H])c2[2H])c2cc([2H])c3c(oc4c([2H])c([2H])c([2H])c([2H])c43)c2[2H])cc([2H])c1-c1c([2H])c([2H])c([2H])c([2H])c1[2H]. The highest BCUT2D eigenvalue weighted by molar-refractivity contribution is 6.06. The monoisotopic (exact) mass is 508 g/mol. The highest BCUT2D eigenvalue weighted by Crippen LogP contribution is 2.39. The van der Waals surface area contributed by atoms with Gasteiger partial charge in [0, 0.05) is 33.9 Å². The molecule has 0 spiro atoms. The number of nitrogens with zero attached hydrogens (tertiary/aromatic N) is 1. The number of anilines is 3. The lowest BCUT2D eigenvalue weighted by Crippen LogP contribution is -2.09. The Morgan fingerprint density at radius 2 is 0.947 bits per heavy atom. The molecule has 0 fully saturated rings. The number of furan rings is 1. The molecule has 6 aromatic carbocycles. The second kappa shape index (κ2) is 9.42. The van der Waals surface area contributed by atoms with Crippen LogP contribution in [0.2, 0.25) is 0 Å². The van der Waals surface area contributed by atoms with Crippen LogP contribution < -0.4 is 4.90 Å². The summed E-state index contributed by atoms with van der Waals surface area (Å²) < 4.78 is 185. The Balaban J connectivity index is 1.58. The van der Waals surface area contributed by atoms with Gasteiger partial charge in [0.25, 0.3) is 0 Å². The minimum atomic E-state index is -0.810. The maximum absolute atomic E-state index is 9.33. The standard InChI is InChI=1S/C36H25NO/c1-3-9-26(10-4-1)28-15-19-30(20-16-28)37(31-21-17-29(18-22-31)27-11-5-2-6-12-27)32-23-24-34-33-13-7-8-14-35(33)38-36(34)25-32/h1-25H/i1D,2D,3D,4D,5D,6D,7D,8D,9D,10D,11D,12D,13D,14D,15D,16D,17D,18D,19D,24D,25D. The average Bonchev–Trinajstić information content (AvgIpc) is 3.61. The van der Waals surface area contributed by atoms with E-state index in [1.54, 1.807) is 0 Å². The van der Waals surface area contributed by atoms with E-state index in [4.69, 9.17) is 30.5 Å². The van der Waals surface area contributed by atoms with E-state index >= 15 is 0 Å². The third kappa shape index (κ3) is 4.03. The number of benzene rings is 6. The van der Waals surface area contributed by atoms with Gasteiger partial charge in [-0.05, 0) is 64.6 Å². The Morgan fingerprint density at radius 3 is 1.66 bits per heavy atom. The first-order valence-electron chi connectivity index (χ1n) is 21.6. The molecule has 38 heavy (non-hydrogen) atoms. The highest BCUT2D eigenvalue weighted by Gasteiger charge is 2.16. The van der Waals surface area contributed by atoms with Gasteiger partial charge in [0.2, 0.25) is 0 Å². The lowest BCUT2D eigenvalue weighted by molar-refractivity contribution is 0.669. The molecule has 0 aliphatic carbocycles. The number of rotatable bonds is 5. The summed E-state index contributed by atoms with van der Waals surface area (Å²) >= 11 is 0. The van der Waals surface area contributed by atoms with Crippen LogP contribution in [-0.2, 0) is 0 Å². The summed E-state index contributed by atoms with van der Waals surface area (Å²) in [7, 11) is 0. The van der Waals surface area contributed by atoms with E-state index in [1.807, 2.05) is 0 Å². The zero-order valence-electron chi connectivity index (χ0n) is 40.2. The fourth-order valence-corrected chi connectivity index (χ4v) is 3.86. The van der Waals surface area contributed by atoms with Gasteiger partial charge in [-0.25, -0.2) is 0 Å². The molecule has 0 aliphatic rings. The van der Waals surface area contributed by atoms with Gasteiger partial charge in [0.15, 0.2) is 0 Å². The van der Waals surface area contributed by atoms with Crippen LogP contribution in [0.4, 0.5) is 17.1 Å². The molecule has 0 N–H and O–H groups in total. The van der Waals surface area contributed by atoms with Crippen molar-refractivity contribution in [3.63, 3.8) is 0 Å². The summed E-state index contributed by atoms with van der Waals surface area (Å²) in [6, 6.07) is -9.99. The Morgan fingerprint density at radius 1 is 0.421 bits per heavy atom. The highest BCUT2D eigenvalue weighted by atomic mass is 16.3. The number of hydrogen-bond acceptors (Lipinski definition) is 2. The van der Waals surface area contributed by atoms with Crippen molar-refractivity contribution in [1.82, 2.24) is 0 Å². The maximum Gasteiger partial charge on any atom is 0.137 e. The van der Waals surface area contributed by atoms with Crippen molar-refractivity contribution in [3.05, 3.63) is 151 Å². The van der Waals surface area contributed by atoms with Crippen LogP contribution in [0.3, 0.4) is 0 Å². The molecule has 1 aromatic heterocycles. The summed E-state index contributed by atoms with van der Waals surface area (Å²) in [5.74, 6) is 0. The van der Waals surface area contributed by atoms with Gasteiger partial charge in [-0.1, -0.05) is 103 Å². The molecule has 0 unspecified atom stereocenters. The zero-order valence-corrected chi connectivity index (χ0v) is 19.2. The zero-order chi connectivity index (χ0) is 43.6. The van der Waals surface area contributed by atoms with Crippen LogP contribution in [0.15, 0.2) is 156 Å². The lowest BCUT2D eigenvalue weighted by Gasteiger charge is -2.26. The predicted molar refractivity (Wildman–Crippen MR) is 159 cm³/mol. The van der Waals surface area contributed by atoms with Crippen molar-refractivity contribution in [2.24, 2.45) is 0 Å². The van der Waals surface area contributed by atoms with Crippen LogP contribution in [0.5, 0.6) is 0 Å². The Hall–Kier alpha value is -5.08. The topological polar surface area (TPSA) is 16.4 Å². The second-order valence-electron chi connectivity index (χ2n) is 7.82. The van der Waals surface area contributed by atoms with Gasteiger partial charge < -0.3 is 9.32 Å². The van der Waals surface area contributed by atoms with Crippen LogP contribution >= 0.6 is 0 Å². The van der Waals surface area contributed by atoms with Crippen molar-refractivity contribution < 1.29 is 33.2 Å².